The van der Waals surface area contributed by atoms with Gasteiger partial charge in [0.15, 0.2) is 0 Å². The lowest BCUT2D eigenvalue weighted by molar-refractivity contribution is -0.0211. The van der Waals surface area contributed by atoms with Crippen LogP contribution in [0.2, 0.25) is 0 Å². The highest BCUT2D eigenvalue weighted by molar-refractivity contribution is 5.07. The number of aliphatic hydroxyl groups is 2. The molecule has 0 aliphatic heterocycles. The van der Waals surface area contributed by atoms with Gasteiger partial charge in [0, 0.05) is 6.61 Å². The summed E-state index contributed by atoms with van der Waals surface area (Å²) >= 11 is 0. The second-order valence-corrected chi connectivity index (χ2v) is 4.83. The summed E-state index contributed by atoms with van der Waals surface area (Å²) in [4.78, 5) is 0. The molecule has 2 N–H and O–H groups in total. The van der Waals surface area contributed by atoms with Gasteiger partial charge in [0.1, 0.15) is 0 Å². The van der Waals surface area contributed by atoms with Crippen LogP contribution in [0.4, 0.5) is 0 Å². The summed E-state index contributed by atoms with van der Waals surface area (Å²) in [5, 5.41) is 19.4. The van der Waals surface area contributed by atoms with E-state index in [4.69, 9.17) is 0 Å². The summed E-state index contributed by atoms with van der Waals surface area (Å²) in [6, 6.07) is 0. The third-order valence-electron chi connectivity index (χ3n) is 4.02. The summed E-state index contributed by atoms with van der Waals surface area (Å²) in [6.45, 7) is 2.35. The Morgan fingerprint density at radius 1 is 1.29 bits per heavy atom. The second kappa shape index (κ2) is 4.03. The van der Waals surface area contributed by atoms with Crippen LogP contribution in [0.3, 0.4) is 0 Å². The van der Waals surface area contributed by atoms with E-state index in [9.17, 15) is 10.2 Å². The molecule has 14 heavy (non-hydrogen) atoms. The summed E-state index contributed by atoms with van der Waals surface area (Å²) in [5.41, 5.74) is 0. The zero-order valence-electron chi connectivity index (χ0n) is 8.76. The van der Waals surface area contributed by atoms with E-state index in [-0.39, 0.29) is 18.6 Å². The van der Waals surface area contributed by atoms with Gasteiger partial charge in [0.25, 0.3) is 0 Å². The van der Waals surface area contributed by atoms with Crippen LogP contribution in [0.5, 0.6) is 0 Å². The Morgan fingerprint density at radius 2 is 2.07 bits per heavy atom. The molecule has 0 aromatic heterocycles. The van der Waals surface area contributed by atoms with Gasteiger partial charge in [0.2, 0.25) is 0 Å². The maximum Gasteiger partial charge on any atom is 0.0577 e. The Labute approximate surface area is 85.6 Å². The minimum Gasteiger partial charge on any atom is -0.396 e. The van der Waals surface area contributed by atoms with Crippen LogP contribution in [0, 0.1) is 23.7 Å². The van der Waals surface area contributed by atoms with Gasteiger partial charge < -0.3 is 10.2 Å². The van der Waals surface area contributed by atoms with Crippen LogP contribution in [-0.4, -0.2) is 22.9 Å². The topological polar surface area (TPSA) is 40.5 Å². The molecule has 2 heteroatoms. The molecule has 1 fully saturated rings. The lowest BCUT2D eigenvalue weighted by atomic mass is 9.64. The highest BCUT2D eigenvalue weighted by Gasteiger charge is 2.40. The minimum absolute atomic E-state index is 0.196. The molecule has 5 atom stereocenters. The van der Waals surface area contributed by atoms with E-state index in [1.54, 1.807) is 0 Å². The van der Waals surface area contributed by atoms with E-state index < -0.39 is 0 Å². The Bertz CT molecular complexity index is 224. The van der Waals surface area contributed by atoms with Gasteiger partial charge in [-0.25, -0.2) is 0 Å². The van der Waals surface area contributed by atoms with Crippen LogP contribution in [0.1, 0.15) is 26.2 Å². The first-order valence-electron chi connectivity index (χ1n) is 5.71. The third-order valence-corrected chi connectivity index (χ3v) is 4.02. The van der Waals surface area contributed by atoms with Crippen molar-refractivity contribution in [2.24, 2.45) is 23.7 Å². The molecule has 0 bridgehead atoms. The first kappa shape index (κ1) is 10.2. The molecule has 0 radical (unpaired) electrons. The van der Waals surface area contributed by atoms with Gasteiger partial charge in [-0.2, -0.15) is 0 Å². The van der Waals surface area contributed by atoms with Crippen molar-refractivity contribution in [3.63, 3.8) is 0 Å². The van der Waals surface area contributed by atoms with Crippen LogP contribution >= 0.6 is 0 Å². The van der Waals surface area contributed by atoms with Crippen molar-refractivity contribution in [3.8, 4) is 0 Å². The van der Waals surface area contributed by atoms with E-state index in [2.05, 4.69) is 19.1 Å². The fraction of sp³-hybridized carbons (Fsp3) is 0.833. The van der Waals surface area contributed by atoms with Crippen molar-refractivity contribution in [1.82, 2.24) is 0 Å². The van der Waals surface area contributed by atoms with Crippen molar-refractivity contribution < 1.29 is 10.2 Å². The van der Waals surface area contributed by atoms with Gasteiger partial charge >= 0.3 is 0 Å². The first-order chi connectivity index (χ1) is 6.74. The highest BCUT2D eigenvalue weighted by atomic mass is 16.3. The molecule has 2 aliphatic rings. The monoisotopic (exact) mass is 196 g/mol. The predicted octanol–water partition coefficient (Wildman–Crippen LogP) is 1.58. The van der Waals surface area contributed by atoms with E-state index in [0.29, 0.717) is 17.8 Å². The number of fused-ring (bicyclic) bond motifs is 1. The molecular weight excluding hydrogens is 176 g/mol. The van der Waals surface area contributed by atoms with E-state index in [1.807, 2.05) is 0 Å². The quantitative estimate of drug-likeness (QED) is 0.625. The van der Waals surface area contributed by atoms with Crippen molar-refractivity contribution in [2.45, 2.75) is 32.3 Å². The number of allylic oxidation sites excluding steroid dienone is 2. The van der Waals surface area contributed by atoms with Crippen molar-refractivity contribution >= 4 is 0 Å². The van der Waals surface area contributed by atoms with Crippen molar-refractivity contribution in [2.75, 3.05) is 6.61 Å². The van der Waals surface area contributed by atoms with Gasteiger partial charge in [-0.05, 0) is 36.5 Å². The molecule has 0 spiro atoms. The largest absolute Gasteiger partial charge is 0.396 e. The predicted molar refractivity (Wildman–Crippen MR) is 55.7 cm³/mol. The molecular formula is C12H20O2. The molecule has 0 unspecified atom stereocenters. The van der Waals surface area contributed by atoms with Gasteiger partial charge in [-0.1, -0.05) is 25.5 Å². The summed E-state index contributed by atoms with van der Waals surface area (Å²) < 4.78 is 0. The van der Waals surface area contributed by atoms with Crippen molar-refractivity contribution in [1.29, 1.82) is 0 Å². The minimum atomic E-state index is -0.196. The molecule has 0 saturated heterocycles. The third kappa shape index (κ3) is 1.61. The fourth-order valence-corrected chi connectivity index (χ4v) is 3.16. The standard InChI is InChI=1S/C12H20O2/c1-8-5-6-9-3-2-4-11(14)12(9)10(8)7-13/h5-6,8-14H,2-4,7H2,1H3/t8-,9+,10+,11-,12-/m0/s1. The molecule has 80 valence electrons. The maximum atomic E-state index is 9.98. The second-order valence-electron chi connectivity index (χ2n) is 4.83. The first-order valence-corrected chi connectivity index (χ1v) is 5.71. The lowest BCUT2D eigenvalue weighted by Gasteiger charge is -2.43. The van der Waals surface area contributed by atoms with Gasteiger partial charge in [-0.3, -0.25) is 0 Å². The van der Waals surface area contributed by atoms with Crippen molar-refractivity contribution in [3.05, 3.63) is 12.2 Å². The maximum absolute atomic E-state index is 9.98. The van der Waals surface area contributed by atoms with E-state index in [1.165, 1.54) is 6.42 Å². The van der Waals surface area contributed by atoms with Crippen LogP contribution < -0.4 is 0 Å². The highest BCUT2D eigenvalue weighted by Crippen LogP contribution is 2.42. The fourth-order valence-electron chi connectivity index (χ4n) is 3.16. The van der Waals surface area contributed by atoms with E-state index in [0.717, 1.165) is 12.8 Å². The molecule has 1 saturated carbocycles. The van der Waals surface area contributed by atoms with Gasteiger partial charge in [-0.15, -0.1) is 0 Å². The molecule has 0 aromatic rings. The lowest BCUT2D eigenvalue weighted by Crippen LogP contribution is -2.42. The molecule has 2 aliphatic carbocycles. The molecule has 0 heterocycles. The average molecular weight is 196 g/mol. The zero-order chi connectivity index (χ0) is 10.1. The number of aliphatic hydroxyl groups excluding tert-OH is 2. The van der Waals surface area contributed by atoms with Crippen LogP contribution in [0.15, 0.2) is 12.2 Å². The summed E-state index contributed by atoms with van der Waals surface area (Å²) in [7, 11) is 0. The Morgan fingerprint density at radius 3 is 2.79 bits per heavy atom. The number of rotatable bonds is 1. The number of hydrogen-bond donors (Lipinski definition) is 2. The summed E-state index contributed by atoms with van der Waals surface area (Å²) in [6.07, 6.45) is 7.49. The average Bonchev–Trinajstić information content (AvgIpc) is 2.19. The molecule has 2 nitrogen and oxygen atoms in total. The summed E-state index contributed by atoms with van der Waals surface area (Å²) in [5.74, 6) is 1.48. The van der Waals surface area contributed by atoms with E-state index >= 15 is 0 Å². The Kier molecular flexibility index (Phi) is 2.93. The molecule has 0 aromatic carbocycles. The number of hydrogen-bond acceptors (Lipinski definition) is 2. The molecule has 0 amide bonds. The zero-order valence-corrected chi connectivity index (χ0v) is 8.76. The van der Waals surface area contributed by atoms with Crippen LogP contribution in [-0.2, 0) is 0 Å². The Balaban J connectivity index is 2.20. The SMILES string of the molecule is C[C@H]1C=C[C@H]2CCC[C@H](O)[C@@H]2[C@@H]1CO. The normalized spacial score (nSPS) is 47.5. The Hall–Kier alpha value is -0.340. The smallest absolute Gasteiger partial charge is 0.0577 e. The molecule has 2 rings (SSSR count). The van der Waals surface area contributed by atoms with Gasteiger partial charge in [0.05, 0.1) is 6.10 Å². The van der Waals surface area contributed by atoms with Crippen LogP contribution in [0.25, 0.3) is 0 Å².